The molecule has 8 heteroatoms. The molecule has 4 nitrogen and oxygen atoms in total. The molecule has 25 heavy (non-hydrogen) atoms. The average Bonchev–Trinajstić information content (AvgIpc) is 2.54. The van der Waals surface area contributed by atoms with E-state index >= 15 is 0 Å². The summed E-state index contributed by atoms with van der Waals surface area (Å²) in [6.07, 6.45) is -4.52. The van der Waals surface area contributed by atoms with Crippen LogP contribution in [0.15, 0.2) is 52.9 Å². The second-order valence-corrected chi connectivity index (χ2v) is 5.64. The molecular formula is C17H10ClF3N2O2. The van der Waals surface area contributed by atoms with E-state index in [1.165, 1.54) is 18.2 Å². The summed E-state index contributed by atoms with van der Waals surface area (Å²) in [6.45, 7) is 0. The number of halogens is 4. The number of fused-ring (bicyclic) bond motifs is 1. The topological polar surface area (TPSA) is 66.1 Å². The molecule has 0 unspecified atom stereocenters. The fraction of sp³-hybridized carbons (Fsp3) is 0.0588. The van der Waals surface area contributed by atoms with Gasteiger partial charge in [0.1, 0.15) is 11.1 Å². The van der Waals surface area contributed by atoms with Gasteiger partial charge >= 0.3 is 6.18 Å². The van der Waals surface area contributed by atoms with E-state index in [2.05, 4.69) is 5.32 Å². The van der Waals surface area contributed by atoms with E-state index in [1.807, 2.05) is 0 Å². The minimum atomic E-state index is -4.52. The average molecular weight is 367 g/mol. The fourth-order valence-electron chi connectivity index (χ4n) is 2.25. The zero-order valence-corrected chi connectivity index (χ0v) is 13.2. The maximum Gasteiger partial charge on any atom is 0.416 e. The van der Waals surface area contributed by atoms with Gasteiger partial charge in [-0.2, -0.15) is 13.2 Å². The van der Waals surface area contributed by atoms with Crippen molar-refractivity contribution in [2.75, 3.05) is 5.32 Å². The molecular weight excluding hydrogens is 357 g/mol. The first-order valence-electron chi connectivity index (χ1n) is 7.01. The molecule has 0 saturated heterocycles. The molecule has 0 aliphatic carbocycles. The van der Waals surface area contributed by atoms with Crippen molar-refractivity contribution in [3.8, 4) is 0 Å². The van der Waals surface area contributed by atoms with Crippen LogP contribution in [0.5, 0.6) is 0 Å². The van der Waals surface area contributed by atoms with Crippen LogP contribution in [-0.2, 0) is 6.18 Å². The highest BCUT2D eigenvalue weighted by Gasteiger charge is 2.30. The van der Waals surface area contributed by atoms with Crippen molar-refractivity contribution in [1.29, 1.82) is 5.41 Å². The highest BCUT2D eigenvalue weighted by Crippen LogP contribution is 2.30. The Morgan fingerprint density at radius 2 is 1.88 bits per heavy atom. The molecule has 0 fully saturated rings. The van der Waals surface area contributed by atoms with Gasteiger partial charge in [-0.1, -0.05) is 17.7 Å². The normalized spacial score (nSPS) is 11.5. The first-order chi connectivity index (χ1) is 11.7. The molecule has 2 aromatic carbocycles. The smallest absolute Gasteiger partial charge is 0.416 e. The van der Waals surface area contributed by atoms with Crippen LogP contribution in [0, 0.1) is 5.41 Å². The zero-order chi connectivity index (χ0) is 18.2. The van der Waals surface area contributed by atoms with Crippen molar-refractivity contribution in [1.82, 2.24) is 0 Å². The van der Waals surface area contributed by atoms with Crippen LogP contribution in [0.2, 0.25) is 5.02 Å². The van der Waals surface area contributed by atoms with Gasteiger partial charge in [-0.05, 0) is 42.5 Å². The predicted molar refractivity (Wildman–Crippen MR) is 86.5 cm³/mol. The maximum atomic E-state index is 12.7. The first kappa shape index (κ1) is 17.0. The summed E-state index contributed by atoms with van der Waals surface area (Å²) in [5.74, 6) is -0.755. The van der Waals surface area contributed by atoms with Gasteiger partial charge in [-0.15, -0.1) is 0 Å². The van der Waals surface area contributed by atoms with Crippen LogP contribution >= 0.6 is 11.6 Å². The van der Waals surface area contributed by atoms with Crippen molar-refractivity contribution >= 4 is 34.2 Å². The fourth-order valence-corrected chi connectivity index (χ4v) is 2.43. The van der Waals surface area contributed by atoms with E-state index in [0.717, 1.165) is 12.1 Å². The van der Waals surface area contributed by atoms with Gasteiger partial charge in [0.15, 0.2) is 0 Å². The Labute approximate surface area is 144 Å². The monoisotopic (exact) mass is 366 g/mol. The number of anilines is 1. The highest BCUT2D eigenvalue weighted by atomic mass is 35.5. The van der Waals surface area contributed by atoms with Gasteiger partial charge in [-0.3, -0.25) is 10.2 Å². The van der Waals surface area contributed by atoms with Crippen LogP contribution in [0.3, 0.4) is 0 Å². The SMILES string of the molecule is N=c1oc2ccc(Cl)cc2cc1C(=O)Nc1cccc(C(F)(F)F)c1. The summed E-state index contributed by atoms with van der Waals surface area (Å²) < 4.78 is 43.5. The van der Waals surface area contributed by atoms with E-state index in [-0.39, 0.29) is 11.3 Å². The molecule has 2 N–H and O–H groups in total. The van der Waals surface area contributed by atoms with Gasteiger partial charge in [0, 0.05) is 16.1 Å². The molecule has 128 valence electrons. The third-order valence-electron chi connectivity index (χ3n) is 3.42. The molecule has 0 spiro atoms. The van der Waals surface area contributed by atoms with Crippen LogP contribution in [0.1, 0.15) is 15.9 Å². The van der Waals surface area contributed by atoms with E-state index < -0.39 is 23.2 Å². The number of benzene rings is 2. The Morgan fingerprint density at radius 3 is 2.60 bits per heavy atom. The number of carbonyl (C=O) groups is 1. The molecule has 1 heterocycles. The van der Waals surface area contributed by atoms with E-state index in [0.29, 0.717) is 16.0 Å². The lowest BCUT2D eigenvalue weighted by Crippen LogP contribution is -2.21. The number of rotatable bonds is 2. The Kier molecular flexibility index (Phi) is 4.26. The zero-order valence-electron chi connectivity index (χ0n) is 12.4. The molecule has 3 aromatic rings. The van der Waals surface area contributed by atoms with Crippen molar-refractivity contribution < 1.29 is 22.4 Å². The van der Waals surface area contributed by atoms with Gasteiger partial charge in [0.25, 0.3) is 5.91 Å². The Balaban J connectivity index is 1.95. The molecule has 0 aliphatic heterocycles. The lowest BCUT2D eigenvalue weighted by molar-refractivity contribution is -0.137. The standard InChI is InChI=1S/C17H10ClF3N2O2/c18-11-4-5-14-9(6-11)7-13(15(22)25-14)16(24)23-12-3-1-2-10(8-12)17(19,20)21/h1-8,22H,(H,23,24). The van der Waals surface area contributed by atoms with Crippen molar-refractivity contribution in [3.05, 3.63) is 70.2 Å². The third-order valence-corrected chi connectivity index (χ3v) is 3.66. The van der Waals surface area contributed by atoms with Gasteiger partial charge in [0.2, 0.25) is 5.55 Å². The van der Waals surface area contributed by atoms with Gasteiger partial charge < -0.3 is 9.73 Å². The second-order valence-electron chi connectivity index (χ2n) is 5.20. The Bertz CT molecular complexity index is 1030. The largest absolute Gasteiger partial charge is 0.438 e. The van der Waals surface area contributed by atoms with Crippen LogP contribution < -0.4 is 10.9 Å². The number of alkyl halides is 3. The summed E-state index contributed by atoms with van der Waals surface area (Å²) in [4.78, 5) is 12.3. The minimum Gasteiger partial charge on any atom is -0.438 e. The quantitative estimate of drug-likeness (QED) is 0.681. The van der Waals surface area contributed by atoms with Crippen LogP contribution in [-0.4, -0.2) is 5.91 Å². The molecule has 1 aromatic heterocycles. The van der Waals surface area contributed by atoms with Crippen molar-refractivity contribution in [3.63, 3.8) is 0 Å². The molecule has 1 amide bonds. The highest BCUT2D eigenvalue weighted by molar-refractivity contribution is 6.31. The second kappa shape index (κ2) is 6.25. The lowest BCUT2D eigenvalue weighted by Gasteiger charge is -2.10. The molecule has 0 radical (unpaired) electrons. The van der Waals surface area contributed by atoms with Crippen molar-refractivity contribution in [2.24, 2.45) is 0 Å². The number of nitrogens with one attached hydrogen (secondary N) is 2. The predicted octanol–water partition coefficient (Wildman–Crippen LogP) is 4.84. The molecule has 0 saturated carbocycles. The number of hydrogen-bond donors (Lipinski definition) is 2. The van der Waals surface area contributed by atoms with Gasteiger partial charge in [0.05, 0.1) is 5.56 Å². The Hall–Kier alpha value is -2.80. The summed E-state index contributed by atoms with van der Waals surface area (Å²) in [5, 5.41) is 11.1. The van der Waals surface area contributed by atoms with Crippen molar-refractivity contribution in [2.45, 2.75) is 6.18 Å². The summed E-state index contributed by atoms with van der Waals surface area (Å²) >= 11 is 5.88. The van der Waals surface area contributed by atoms with Crippen LogP contribution in [0.25, 0.3) is 11.0 Å². The van der Waals surface area contributed by atoms with Gasteiger partial charge in [-0.25, -0.2) is 0 Å². The summed E-state index contributed by atoms with van der Waals surface area (Å²) in [6, 6.07) is 10.3. The first-order valence-corrected chi connectivity index (χ1v) is 7.38. The van der Waals surface area contributed by atoms with Crippen LogP contribution in [0.4, 0.5) is 18.9 Å². The molecule has 0 atom stereocenters. The Morgan fingerprint density at radius 1 is 1.12 bits per heavy atom. The number of amides is 1. The summed E-state index contributed by atoms with van der Waals surface area (Å²) in [5.41, 5.74) is -1.08. The van der Waals surface area contributed by atoms with E-state index in [9.17, 15) is 18.0 Å². The summed E-state index contributed by atoms with van der Waals surface area (Å²) in [7, 11) is 0. The molecule has 0 aliphatic rings. The number of carbonyl (C=O) groups excluding carboxylic acids is 1. The number of hydrogen-bond acceptors (Lipinski definition) is 3. The molecule has 3 rings (SSSR count). The third kappa shape index (κ3) is 3.66. The maximum absolute atomic E-state index is 12.7. The van der Waals surface area contributed by atoms with E-state index in [1.54, 1.807) is 18.2 Å². The minimum absolute atomic E-state index is 0.0367. The molecule has 0 bridgehead atoms. The lowest BCUT2D eigenvalue weighted by atomic mass is 10.1. The van der Waals surface area contributed by atoms with E-state index in [4.69, 9.17) is 21.4 Å².